The van der Waals surface area contributed by atoms with Crippen LogP contribution in [0.1, 0.15) is 12.1 Å². The van der Waals surface area contributed by atoms with Gasteiger partial charge in [0.15, 0.2) is 0 Å². The van der Waals surface area contributed by atoms with Crippen molar-refractivity contribution in [3.05, 3.63) is 75.7 Å². The minimum atomic E-state index is -0.735. The Kier molecular flexibility index (Phi) is 4.81. The third-order valence-corrected chi connectivity index (χ3v) is 4.75. The van der Waals surface area contributed by atoms with Crippen LogP contribution in [0, 0.1) is 0 Å². The third-order valence-electron chi connectivity index (χ3n) is 4.50. The Morgan fingerprint density at radius 3 is 2.54 bits per heavy atom. The predicted octanol–water partition coefficient (Wildman–Crippen LogP) is 1.32. The summed E-state index contributed by atoms with van der Waals surface area (Å²) in [4.78, 5) is 38.2. The van der Waals surface area contributed by atoms with Crippen LogP contribution in [0.25, 0.3) is 5.69 Å². The van der Waals surface area contributed by atoms with Gasteiger partial charge in [-0.3, -0.25) is 19.4 Å². The van der Waals surface area contributed by atoms with Gasteiger partial charge in [-0.05, 0) is 34.2 Å². The molecule has 1 aliphatic heterocycles. The quantitative estimate of drug-likeness (QED) is 0.498. The number of para-hydroxylation sites is 1. The highest BCUT2D eigenvalue weighted by Gasteiger charge is 2.40. The van der Waals surface area contributed by atoms with Gasteiger partial charge in [0, 0.05) is 17.2 Å². The van der Waals surface area contributed by atoms with Crippen molar-refractivity contribution >= 4 is 29.1 Å². The van der Waals surface area contributed by atoms with Crippen LogP contribution < -0.4 is 20.5 Å². The van der Waals surface area contributed by atoms with E-state index in [0.29, 0.717) is 16.4 Å². The van der Waals surface area contributed by atoms with Crippen LogP contribution in [0.5, 0.6) is 0 Å². The summed E-state index contributed by atoms with van der Waals surface area (Å²) in [5.41, 5.74) is 0.907. The molecular formula is C19H16ClN4O4+. The lowest BCUT2D eigenvalue weighted by Crippen LogP contribution is -2.44. The fraction of sp³-hybridized carbons (Fsp3) is 0.158. The zero-order chi connectivity index (χ0) is 19.7. The highest BCUT2D eigenvalue weighted by Crippen LogP contribution is 2.24. The minimum Gasteiger partial charge on any atom is -0.296 e. The van der Waals surface area contributed by atoms with E-state index < -0.39 is 11.7 Å². The van der Waals surface area contributed by atoms with Crippen LogP contribution in [-0.4, -0.2) is 23.1 Å². The molecule has 1 unspecified atom stereocenters. The molecule has 0 aliphatic carbocycles. The standard InChI is InChI=1S/C19H15ClN4O4/c20-12-6-8-13(9-7-12)23-17(25)10-15(18(23)26)21-11-16-19(27)28-22-24(16)14-4-2-1-3-5-14/h1-9,15,21H,10-11H2/p+1. The van der Waals surface area contributed by atoms with Crippen molar-refractivity contribution in [2.24, 2.45) is 0 Å². The number of nitrogens with one attached hydrogen (secondary N) is 2. The molecule has 0 radical (unpaired) electrons. The molecular weight excluding hydrogens is 384 g/mol. The second kappa shape index (κ2) is 7.41. The van der Waals surface area contributed by atoms with Crippen LogP contribution in [0.4, 0.5) is 5.69 Å². The first-order valence-electron chi connectivity index (χ1n) is 8.58. The average molecular weight is 400 g/mol. The summed E-state index contributed by atoms with van der Waals surface area (Å²) in [7, 11) is 0. The van der Waals surface area contributed by atoms with Gasteiger partial charge >= 0.3 is 11.3 Å². The molecule has 1 aromatic heterocycles. The number of hydrogen-bond donors (Lipinski definition) is 2. The number of anilines is 1. The third kappa shape index (κ3) is 3.35. The molecule has 2 aromatic carbocycles. The number of carbonyl (C=O) groups is 2. The zero-order valence-electron chi connectivity index (χ0n) is 14.6. The topological polar surface area (TPSA) is 99.3 Å². The SMILES string of the molecule is O=C1CC(NCc2c(=O)o[nH][n+]2-c2ccccc2)C(=O)N1c1ccc(Cl)cc1. The number of halogens is 1. The van der Waals surface area contributed by atoms with Crippen molar-refractivity contribution in [2.75, 3.05) is 4.90 Å². The molecule has 142 valence electrons. The molecule has 2 heterocycles. The molecule has 1 aliphatic rings. The van der Waals surface area contributed by atoms with Crippen molar-refractivity contribution in [2.45, 2.75) is 19.0 Å². The van der Waals surface area contributed by atoms with Gasteiger partial charge in [-0.1, -0.05) is 29.8 Å². The van der Waals surface area contributed by atoms with E-state index in [0.717, 1.165) is 4.90 Å². The summed E-state index contributed by atoms with van der Waals surface area (Å²) in [6, 6.07) is 14.9. The number of imide groups is 1. The van der Waals surface area contributed by atoms with Crippen LogP contribution in [0.15, 0.2) is 63.9 Å². The Morgan fingerprint density at radius 2 is 1.82 bits per heavy atom. The second-order valence-corrected chi connectivity index (χ2v) is 6.72. The van der Waals surface area contributed by atoms with Crippen molar-refractivity contribution in [1.82, 2.24) is 10.6 Å². The first kappa shape index (κ1) is 18.1. The van der Waals surface area contributed by atoms with E-state index >= 15 is 0 Å². The maximum Gasteiger partial charge on any atom is 0.431 e. The van der Waals surface area contributed by atoms with Crippen molar-refractivity contribution in [3.8, 4) is 5.69 Å². The molecule has 4 rings (SSSR count). The second-order valence-electron chi connectivity index (χ2n) is 6.28. The van der Waals surface area contributed by atoms with Crippen molar-refractivity contribution in [1.29, 1.82) is 0 Å². The van der Waals surface area contributed by atoms with E-state index in [-0.39, 0.29) is 30.5 Å². The van der Waals surface area contributed by atoms with Crippen molar-refractivity contribution in [3.63, 3.8) is 0 Å². The smallest absolute Gasteiger partial charge is 0.296 e. The Bertz CT molecular complexity index is 1080. The molecule has 2 N–H and O–H groups in total. The first-order valence-corrected chi connectivity index (χ1v) is 8.96. The average Bonchev–Trinajstić information content (AvgIpc) is 3.20. The van der Waals surface area contributed by atoms with Crippen LogP contribution in [0.2, 0.25) is 5.02 Å². The monoisotopic (exact) mass is 399 g/mol. The molecule has 9 heteroatoms. The number of benzene rings is 2. The molecule has 0 spiro atoms. The molecule has 1 fully saturated rings. The number of aromatic amines is 1. The lowest BCUT2D eigenvalue weighted by atomic mass is 10.2. The fourth-order valence-corrected chi connectivity index (χ4v) is 3.23. The van der Waals surface area contributed by atoms with E-state index in [1.807, 2.05) is 30.3 Å². The molecule has 1 atom stereocenters. The largest absolute Gasteiger partial charge is 0.431 e. The molecule has 0 bridgehead atoms. The number of H-pyrrole nitrogens is 1. The van der Waals surface area contributed by atoms with Crippen LogP contribution >= 0.6 is 11.6 Å². The molecule has 1 saturated heterocycles. The fourth-order valence-electron chi connectivity index (χ4n) is 3.10. The summed E-state index contributed by atoms with van der Waals surface area (Å²) >= 11 is 5.86. The van der Waals surface area contributed by atoms with Gasteiger partial charge in [-0.25, -0.2) is 9.69 Å². The number of rotatable bonds is 5. The van der Waals surface area contributed by atoms with Gasteiger partial charge in [-0.15, -0.1) is 0 Å². The van der Waals surface area contributed by atoms with E-state index in [1.54, 1.807) is 24.3 Å². The molecule has 2 amide bonds. The lowest BCUT2D eigenvalue weighted by Gasteiger charge is -2.15. The molecule has 0 saturated carbocycles. The predicted molar refractivity (Wildman–Crippen MR) is 100 cm³/mol. The van der Waals surface area contributed by atoms with Gasteiger partial charge in [0.2, 0.25) is 11.6 Å². The van der Waals surface area contributed by atoms with Gasteiger partial charge in [-0.2, -0.15) is 0 Å². The summed E-state index contributed by atoms with van der Waals surface area (Å²) in [5.74, 6) is -0.694. The van der Waals surface area contributed by atoms with Crippen LogP contribution in [-0.2, 0) is 16.1 Å². The summed E-state index contributed by atoms with van der Waals surface area (Å²) < 4.78 is 6.38. The highest BCUT2D eigenvalue weighted by atomic mass is 35.5. The Morgan fingerprint density at radius 1 is 1.11 bits per heavy atom. The number of aromatic nitrogens is 2. The summed E-state index contributed by atoms with van der Waals surface area (Å²) in [6.45, 7) is 0.0544. The maximum atomic E-state index is 12.7. The van der Waals surface area contributed by atoms with E-state index in [2.05, 4.69) is 10.6 Å². The van der Waals surface area contributed by atoms with E-state index in [1.165, 1.54) is 4.68 Å². The molecule has 8 nitrogen and oxygen atoms in total. The lowest BCUT2D eigenvalue weighted by molar-refractivity contribution is -0.677. The van der Waals surface area contributed by atoms with Gasteiger partial charge in [0.05, 0.1) is 24.7 Å². The first-order chi connectivity index (χ1) is 13.5. The summed E-state index contributed by atoms with van der Waals surface area (Å²) in [6.07, 6.45) is 0.00253. The van der Waals surface area contributed by atoms with Gasteiger partial charge in [0.25, 0.3) is 5.91 Å². The minimum absolute atomic E-state index is 0.00253. The Labute approximate surface area is 164 Å². The Hall–Kier alpha value is -3.23. The zero-order valence-corrected chi connectivity index (χ0v) is 15.3. The number of nitrogens with zero attached hydrogens (tertiary/aromatic N) is 2. The number of carbonyl (C=O) groups excluding carboxylic acids is 2. The van der Waals surface area contributed by atoms with Gasteiger partial charge in [0.1, 0.15) is 0 Å². The van der Waals surface area contributed by atoms with E-state index in [4.69, 9.17) is 16.1 Å². The van der Waals surface area contributed by atoms with E-state index in [9.17, 15) is 14.4 Å². The molecule has 3 aromatic rings. The number of hydrogen-bond acceptors (Lipinski definition) is 5. The normalized spacial score (nSPS) is 16.8. The summed E-state index contributed by atoms with van der Waals surface area (Å²) in [5, 5.41) is 6.04. The van der Waals surface area contributed by atoms with Gasteiger partial charge < -0.3 is 0 Å². The van der Waals surface area contributed by atoms with Crippen LogP contribution in [0.3, 0.4) is 0 Å². The maximum absolute atomic E-state index is 12.7. The highest BCUT2D eigenvalue weighted by molar-refractivity contribution is 6.30. The number of amides is 2. The van der Waals surface area contributed by atoms with Crippen molar-refractivity contribution < 1.29 is 18.8 Å². The molecule has 28 heavy (non-hydrogen) atoms. The Balaban J connectivity index is 1.52.